The molecule has 0 saturated carbocycles. The van der Waals surface area contributed by atoms with Crippen LogP contribution in [0.4, 0.5) is 5.69 Å². The SMILES string of the molecule is C=CCNC(=O)[C@H]1CCCN(c2cccc3c2C(=O)N(Cc2cc4ccccc4s2)C3=O)C1. The molecule has 7 heteroatoms. The van der Waals surface area contributed by atoms with Gasteiger partial charge in [0.15, 0.2) is 0 Å². The van der Waals surface area contributed by atoms with Gasteiger partial charge in [-0.3, -0.25) is 19.3 Å². The zero-order valence-corrected chi connectivity index (χ0v) is 19.1. The van der Waals surface area contributed by atoms with Gasteiger partial charge in [0, 0.05) is 29.2 Å². The predicted molar refractivity (Wildman–Crippen MR) is 131 cm³/mol. The third-order valence-corrected chi connectivity index (χ3v) is 7.42. The average Bonchev–Trinajstić information content (AvgIpc) is 3.37. The number of nitrogens with zero attached hydrogens (tertiary/aromatic N) is 2. The van der Waals surface area contributed by atoms with E-state index >= 15 is 0 Å². The second kappa shape index (κ2) is 8.83. The van der Waals surface area contributed by atoms with E-state index in [-0.39, 0.29) is 30.2 Å². The van der Waals surface area contributed by atoms with Crippen LogP contribution in [0.25, 0.3) is 10.1 Å². The Kier molecular flexibility index (Phi) is 5.72. The maximum absolute atomic E-state index is 13.4. The van der Waals surface area contributed by atoms with Gasteiger partial charge < -0.3 is 10.2 Å². The number of amides is 3. The van der Waals surface area contributed by atoms with Crippen molar-refractivity contribution in [2.45, 2.75) is 19.4 Å². The van der Waals surface area contributed by atoms with Gasteiger partial charge in [-0.15, -0.1) is 17.9 Å². The minimum atomic E-state index is -0.263. The number of carbonyl (C=O) groups excluding carboxylic acids is 3. The van der Waals surface area contributed by atoms with E-state index in [1.54, 1.807) is 23.5 Å². The summed E-state index contributed by atoms with van der Waals surface area (Å²) in [7, 11) is 0. The quantitative estimate of drug-likeness (QED) is 0.443. The highest BCUT2D eigenvalue weighted by Gasteiger charge is 2.39. The molecule has 6 nitrogen and oxygen atoms in total. The number of benzene rings is 2. The summed E-state index contributed by atoms with van der Waals surface area (Å²) >= 11 is 1.60. The van der Waals surface area contributed by atoms with Gasteiger partial charge in [0.05, 0.1) is 29.3 Å². The number of nitrogens with one attached hydrogen (secondary N) is 1. The topological polar surface area (TPSA) is 69.7 Å². The summed E-state index contributed by atoms with van der Waals surface area (Å²) < 4.78 is 1.14. The Labute approximate surface area is 196 Å². The van der Waals surface area contributed by atoms with Gasteiger partial charge in [-0.05, 0) is 42.5 Å². The Morgan fingerprint density at radius 2 is 2.00 bits per heavy atom. The lowest BCUT2D eigenvalue weighted by Crippen LogP contribution is -2.43. The van der Waals surface area contributed by atoms with E-state index in [0.29, 0.717) is 24.2 Å². The molecule has 1 fully saturated rings. The zero-order valence-electron chi connectivity index (χ0n) is 18.3. The van der Waals surface area contributed by atoms with Crippen molar-refractivity contribution in [3.05, 3.63) is 77.2 Å². The smallest absolute Gasteiger partial charge is 0.264 e. The molecular formula is C26H25N3O3S. The van der Waals surface area contributed by atoms with E-state index in [4.69, 9.17) is 0 Å². The van der Waals surface area contributed by atoms with E-state index in [9.17, 15) is 14.4 Å². The van der Waals surface area contributed by atoms with Crippen LogP contribution in [0.15, 0.2) is 61.2 Å². The number of fused-ring (bicyclic) bond motifs is 2. The van der Waals surface area contributed by atoms with Gasteiger partial charge in [0.25, 0.3) is 11.8 Å². The normalized spacial score (nSPS) is 18.0. The van der Waals surface area contributed by atoms with Crippen molar-refractivity contribution < 1.29 is 14.4 Å². The Morgan fingerprint density at radius 3 is 2.82 bits per heavy atom. The zero-order chi connectivity index (χ0) is 22.9. The molecule has 168 valence electrons. The average molecular weight is 460 g/mol. The summed E-state index contributed by atoms with van der Waals surface area (Å²) in [5.74, 6) is -0.676. The third kappa shape index (κ3) is 3.93. The minimum absolute atomic E-state index is 0.000896. The standard InChI is InChI=1S/C26H25N3O3S/c1-2-12-27-24(30)18-8-6-13-28(15-18)21-10-5-9-20-23(21)26(32)29(25(20)31)16-19-14-17-7-3-4-11-22(17)33-19/h2-5,7,9-11,14,18H,1,6,8,12-13,15-16H2,(H,27,30)/t18-/m0/s1. The molecule has 2 aliphatic rings. The summed E-state index contributed by atoms with van der Waals surface area (Å²) in [6.07, 6.45) is 3.32. The Hall–Kier alpha value is -3.45. The molecule has 0 unspecified atom stereocenters. The maximum atomic E-state index is 13.4. The molecular weight excluding hydrogens is 434 g/mol. The molecule has 1 aromatic heterocycles. The number of piperidine rings is 1. The van der Waals surface area contributed by atoms with Crippen LogP contribution in [-0.2, 0) is 11.3 Å². The highest BCUT2D eigenvalue weighted by atomic mass is 32.1. The molecule has 3 amide bonds. The van der Waals surface area contributed by atoms with E-state index in [1.807, 2.05) is 42.5 Å². The lowest BCUT2D eigenvalue weighted by atomic mass is 9.95. The highest BCUT2D eigenvalue weighted by Crippen LogP contribution is 2.36. The molecule has 1 N–H and O–H groups in total. The van der Waals surface area contributed by atoms with E-state index < -0.39 is 0 Å². The molecule has 1 atom stereocenters. The lowest BCUT2D eigenvalue weighted by Gasteiger charge is -2.34. The van der Waals surface area contributed by atoms with Crippen LogP contribution in [0.3, 0.4) is 0 Å². The van der Waals surface area contributed by atoms with Crippen LogP contribution in [0.2, 0.25) is 0 Å². The van der Waals surface area contributed by atoms with Crippen molar-refractivity contribution in [3.63, 3.8) is 0 Å². The monoisotopic (exact) mass is 459 g/mol. The molecule has 3 aromatic rings. The number of thiophene rings is 1. The Morgan fingerprint density at radius 1 is 1.15 bits per heavy atom. The number of carbonyl (C=O) groups is 3. The van der Waals surface area contributed by atoms with Crippen LogP contribution >= 0.6 is 11.3 Å². The first-order chi connectivity index (χ1) is 16.1. The molecule has 3 heterocycles. The molecule has 2 aliphatic heterocycles. The van der Waals surface area contributed by atoms with Gasteiger partial charge in [-0.2, -0.15) is 0 Å². The van der Waals surface area contributed by atoms with Crippen molar-refractivity contribution in [2.24, 2.45) is 5.92 Å². The molecule has 0 spiro atoms. The first-order valence-electron chi connectivity index (χ1n) is 11.2. The van der Waals surface area contributed by atoms with Crippen LogP contribution in [0.1, 0.15) is 38.4 Å². The maximum Gasteiger partial charge on any atom is 0.264 e. The predicted octanol–water partition coefficient (Wildman–Crippen LogP) is 4.22. The molecule has 0 radical (unpaired) electrons. The lowest BCUT2D eigenvalue weighted by molar-refractivity contribution is -0.125. The molecule has 0 aliphatic carbocycles. The molecule has 2 aromatic carbocycles. The van der Waals surface area contributed by atoms with Crippen LogP contribution in [-0.4, -0.2) is 42.3 Å². The summed E-state index contributed by atoms with van der Waals surface area (Å²) in [5.41, 5.74) is 1.64. The molecule has 0 bridgehead atoms. The Balaban J connectivity index is 1.40. The summed E-state index contributed by atoms with van der Waals surface area (Å²) in [4.78, 5) is 43.5. The van der Waals surface area contributed by atoms with Crippen LogP contribution in [0, 0.1) is 5.92 Å². The van der Waals surface area contributed by atoms with Gasteiger partial charge in [-0.25, -0.2) is 0 Å². The minimum Gasteiger partial charge on any atom is -0.370 e. The van der Waals surface area contributed by atoms with Crippen molar-refractivity contribution in [2.75, 3.05) is 24.5 Å². The summed E-state index contributed by atoms with van der Waals surface area (Å²) in [5, 5.41) is 3.99. The first kappa shape index (κ1) is 21.4. The van der Waals surface area contributed by atoms with Gasteiger partial charge in [-0.1, -0.05) is 30.3 Å². The van der Waals surface area contributed by atoms with E-state index in [0.717, 1.165) is 40.0 Å². The number of imide groups is 1. The van der Waals surface area contributed by atoms with Crippen molar-refractivity contribution >= 4 is 44.8 Å². The van der Waals surface area contributed by atoms with Gasteiger partial charge in [0.2, 0.25) is 5.91 Å². The van der Waals surface area contributed by atoms with Crippen molar-refractivity contribution in [1.82, 2.24) is 10.2 Å². The molecule has 1 saturated heterocycles. The fourth-order valence-electron chi connectivity index (χ4n) is 4.72. The highest BCUT2D eigenvalue weighted by molar-refractivity contribution is 7.19. The fraction of sp³-hybridized carbons (Fsp3) is 0.269. The number of rotatable bonds is 6. The second-order valence-electron chi connectivity index (χ2n) is 8.47. The first-order valence-corrected chi connectivity index (χ1v) is 12.0. The molecule has 5 rings (SSSR count). The van der Waals surface area contributed by atoms with Crippen molar-refractivity contribution in [1.29, 1.82) is 0 Å². The Bertz CT molecular complexity index is 1230. The largest absolute Gasteiger partial charge is 0.370 e. The number of anilines is 1. The summed E-state index contributed by atoms with van der Waals surface area (Å²) in [6.45, 7) is 5.62. The fourth-order valence-corrected chi connectivity index (χ4v) is 5.77. The number of hydrogen-bond donors (Lipinski definition) is 1. The molecule has 33 heavy (non-hydrogen) atoms. The van der Waals surface area contributed by atoms with Gasteiger partial charge >= 0.3 is 0 Å². The second-order valence-corrected chi connectivity index (χ2v) is 9.63. The summed E-state index contributed by atoms with van der Waals surface area (Å²) in [6, 6.07) is 15.5. The van der Waals surface area contributed by atoms with Gasteiger partial charge in [0.1, 0.15) is 0 Å². The third-order valence-electron chi connectivity index (χ3n) is 6.32. The van der Waals surface area contributed by atoms with Crippen molar-refractivity contribution in [3.8, 4) is 0 Å². The van der Waals surface area contributed by atoms with Crippen LogP contribution < -0.4 is 10.2 Å². The van der Waals surface area contributed by atoms with E-state index in [2.05, 4.69) is 16.8 Å². The van der Waals surface area contributed by atoms with Crippen LogP contribution in [0.5, 0.6) is 0 Å². The number of hydrogen-bond acceptors (Lipinski definition) is 5. The van der Waals surface area contributed by atoms with E-state index in [1.165, 1.54) is 4.90 Å².